The zero-order valence-electron chi connectivity index (χ0n) is 6.45. The number of hydrogen-bond acceptors (Lipinski definition) is 4. The number of aromatic nitrogens is 2. The summed E-state index contributed by atoms with van der Waals surface area (Å²) in [6.07, 6.45) is 3.78. The lowest BCUT2D eigenvalue weighted by molar-refractivity contribution is 0.919. The van der Waals surface area contributed by atoms with E-state index in [0.29, 0.717) is 6.54 Å². The maximum Gasteiger partial charge on any atom is 0.138 e. The van der Waals surface area contributed by atoms with Gasteiger partial charge in [-0.3, -0.25) is 0 Å². The second-order valence-electron chi connectivity index (χ2n) is 2.10. The summed E-state index contributed by atoms with van der Waals surface area (Å²) in [5.41, 5.74) is 6.32. The Labute approximate surface area is 70.4 Å². The van der Waals surface area contributed by atoms with E-state index in [1.165, 1.54) is 0 Å². The van der Waals surface area contributed by atoms with Gasteiger partial charge in [-0.15, -0.1) is 0 Å². The summed E-state index contributed by atoms with van der Waals surface area (Å²) >= 11 is 1.71. The fourth-order valence-corrected chi connectivity index (χ4v) is 1.15. The lowest BCUT2D eigenvalue weighted by Gasteiger charge is -1.98. The fraction of sp³-hybridized carbons (Fsp3) is 0.429. The van der Waals surface area contributed by atoms with E-state index in [-0.39, 0.29) is 0 Å². The molecule has 0 atom stereocenters. The Bertz CT molecular complexity index is 227. The van der Waals surface area contributed by atoms with Crippen molar-refractivity contribution in [3.05, 3.63) is 23.8 Å². The molecule has 4 heteroatoms. The highest BCUT2D eigenvalue weighted by atomic mass is 32.2. The zero-order chi connectivity index (χ0) is 8.10. The molecule has 3 nitrogen and oxygen atoms in total. The lowest BCUT2D eigenvalue weighted by atomic mass is 10.4. The summed E-state index contributed by atoms with van der Waals surface area (Å²) in [6, 6.07) is 1.84. The molecular formula is C7H11N3S. The summed E-state index contributed by atoms with van der Waals surface area (Å²) in [6.45, 7) is 0.490. The summed E-state index contributed by atoms with van der Waals surface area (Å²) in [7, 11) is 0. The van der Waals surface area contributed by atoms with Crippen LogP contribution in [0.1, 0.15) is 11.5 Å². The van der Waals surface area contributed by atoms with Gasteiger partial charge in [-0.2, -0.15) is 11.8 Å². The first-order valence-corrected chi connectivity index (χ1v) is 4.76. The van der Waals surface area contributed by atoms with E-state index in [1.54, 1.807) is 18.0 Å². The number of nitrogens with zero attached hydrogens (tertiary/aromatic N) is 2. The van der Waals surface area contributed by atoms with Crippen molar-refractivity contribution in [2.24, 2.45) is 5.73 Å². The van der Waals surface area contributed by atoms with E-state index in [4.69, 9.17) is 5.73 Å². The van der Waals surface area contributed by atoms with Crippen molar-refractivity contribution in [2.75, 3.05) is 6.26 Å². The summed E-state index contributed by atoms with van der Waals surface area (Å²) in [5, 5.41) is 0. The minimum atomic E-state index is 0.490. The molecule has 0 bridgehead atoms. The first kappa shape index (κ1) is 8.49. The standard InChI is InChI=1S/C7H11N3S/c1-11-5-7-9-3-2-6(4-8)10-7/h2-3H,4-5,8H2,1H3. The van der Waals surface area contributed by atoms with Gasteiger partial charge in [0, 0.05) is 12.7 Å². The number of thioether (sulfide) groups is 1. The first-order chi connectivity index (χ1) is 5.36. The third-order valence-electron chi connectivity index (χ3n) is 1.25. The Morgan fingerprint density at radius 3 is 3.09 bits per heavy atom. The first-order valence-electron chi connectivity index (χ1n) is 3.36. The van der Waals surface area contributed by atoms with E-state index in [9.17, 15) is 0 Å². The molecule has 0 aliphatic heterocycles. The predicted octanol–water partition coefficient (Wildman–Crippen LogP) is 0.798. The Balaban J connectivity index is 2.74. The highest BCUT2D eigenvalue weighted by Gasteiger charge is 1.95. The third kappa shape index (κ3) is 2.48. The van der Waals surface area contributed by atoms with Crippen LogP contribution in [-0.4, -0.2) is 16.2 Å². The molecule has 0 aliphatic rings. The molecular weight excluding hydrogens is 158 g/mol. The molecule has 1 rings (SSSR count). The van der Waals surface area contributed by atoms with Gasteiger partial charge in [0.2, 0.25) is 0 Å². The minimum Gasteiger partial charge on any atom is -0.325 e. The molecule has 0 fully saturated rings. The molecule has 0 saturated carbocycles. The van der Waals surface area contributed by atoms with Gasteiger partial charge in [0.05, 0.1) is 11.4 Å². The second-order valence-corrected chi connectivity index (χ2v) is 2.97. The number of nitrogens with two attached hydrogens (primary N) is 1. The van der Waals surface area contributed by atoms with Crippen LogP contribution in [0, 0.1) is 0 Å². The van der Waals surface area contributed by atoms with Gasteiger partial charge >= 0.3 is 0 Å². The Kier molecular flexibility index (Phi) is 3.32. The van der Waals surface area contributed by atoms with Crippen LogP contribution < -0.4 is 5.73 Å². The van der Waals surface area contributed by atoms with Crippen LogP contribution in [0.25, 0.3) is 0 Å². The van der Waals surface area contributed by atoms with Gasteiger partial charge in [0.15, 0.2) is 0 Å². The smallest absolute Gasteiger partial charge is 0.138 e. The molecule has 2 N–H and O–H groups in total. The molecule has 0 amide bonds. The van der Waals surface area contributed by atoms with Crippen LogP contribution in [0.4, 0.5) is 0 Å². The van der Waals surface area contributed by atoms with Gasteiger partial charge in [-0.1, -0.05) is 0 Å². The van der Waals surface area contributed by atoms with Gasteiger partial charge in [-0.05, 0) is 12.3 Å². The molecule has 0 radical (unpaired) electrons. The highest BCUT2D eigenvalue weighted by molar-refractivity contribution is 7.97. The van der Waals surface area contributed by atoms with Crippen LogP contribution in [0.2, 0.25) is 0 Å². The molecule has 0 aliphatic carbocycles. The number of hydrogen-bond donors (Lipinski definition) is 1. The summed E-state index contributed by atoms with van der Waals surface area (Å²) < 4.78 is 0. The monoisotopic (exact) mass is 169 g/mol. The fourth-order valence-electron chi connectivity index (χ4n) is 0.754. The van der Waals surface area contributed by atoms with Crippen LogP contribution in [-0.2, 0) is 12.3 Å². The van der Waals surface area contributed by atoms with Crippen LogP contribution in [0.15, 0.2) is 12.3 Å². The molecule has 0 unspecified atom stereocenters. The van der Waals surface area contributed by atoms with E-state index in [0.717, 1.165) is 17.3 Å². The van der Waals surface area contributed by atoms with Crippen molar-refractivity contribution in [2.45, 2.75) is 12.3 Å². The van der Waals surface area contributed by atoms with Crippen LogP contribution >= 0.6 is 11.8 Å². The van der Waals surface area contributed by atoms with Crippen molar-refractivity contribution in [3.8, 4) is 0 Å². The summed E-state index contributed by atoms with van der Waals surface area (Å²) in [4.78, 5) is 8.31. The summed E-state index contributed by atoms with van der Waals surface area (Å²) in [5.74, 6) is 1.72. The molecule has 0 aromatic carbocycles. The molecule has 11 heavy (non-hydrogen) atoms. The average Bonchev–Trinajstić information content (AvgIpc) is 2.06. The van der Waals surface area contributed by atoms with Crippen molar-refractivity contribution < 1.29 is 0 Å². The molecule has 0 saturated heterocycles. The largest absolute Gasteiger partial charge is 0.325 e. The molecule has 0 spiro atoms. The Hall–Kier alpha value is -0.610. The maximum absolute atomic E-state index is 5.42. The maximum atomic E-state index is 5.42. The van der Waals surface area contributed by atoms with E-state index in [2.05, 4.69) is 9.97 Å². The zero-order valence-corrected chi connectivity index (χ0v) is 7.27. The quantitative estimate of drug-likeness (QED) is 0.727. The Morgan fingerprint density at radius 2 is 2.45 bits per heavy atom. The normalized spacial score (nSPS) is 10.0. The van der Waals surface area contributed by atoms with Gasteiger partial charge in [0.1, 0.15) is 5.82 Å². The molecule has 1 heterocycles. The number of rotatable bonds is 3. The van der Waals surface area contributed by atoms with E-state index < -0.39 is 0 Å². The van der Waals surface area contributed by atoms with Crippen LogP contribution in [0.5, 0.6) is 0 Å². The van der Waals surface area contributed by atoms with Gasteiger partial charge < -0.3 is 5.73 Å². The third-order valence-corrected chi connectivity index (χ3v) is 1.79. The highest BCUT2D eigenvalue weighted by Crippen LogP contribution is 2.03. The topological polar surface area (TPSA) is 51.8 Å². The van der Waals surface area contributed by atoms with Crippen LogP contribution in [0.3, 0.4) is 0 Å². The van der Waals surface area contributed by atoms with Crippen molar-refractivity contribution in [1.29, 1.82) is 0 Å². The van der Waals surface area contributed by atoms with E-state index in [1.807, 2.05) is 12.3 Å². The predicted molar refractivity (Wildman–Crippen MR) is 47.1 cm³/mol. The lowest BCUT2D eigenvalue weighted by Crippen LogP contribution is -2.02. The minimum absolute atomic E-state index is 0.490. The second kappa shape index (κ2) is 4.31. The Morgan fingerprint density at radius 1 is 1.64 bits per heavy atom. The van der Waals surface area contributed by atoms with Gasteiger partial charge in [-0.25, -0.2) is 9.97 Å². The molecule has 60 valence electrons. The van der Waals surface area contributed by atoms with Gasteiger partial charge in [0.25, 0.3) is 0 Å². The van der Waals surface area contributed by atoms with Crippen molar-refractivity contribution in [3.63, 3.8) is 0 Å². The molecule has 1 aromatic heterocycles. The SMILES string of the molecule is CSCc1nccc(CN)n1. The average molecular weight is 169 g/mol. The van der Waals surface area contributed by atoms with Crippen molar-refractivity contribution >= 4 is 11.8 Å². The molecule has 1 aromatic rings. The van der Waals surface area contributed by atoms with Crippen molar-refractivity contribution in [1.82, 2.24) is 9.97 Å². The van der Waals surface area contributed by atoms with E-state index >= 15 is 0 Å².